The topological polar surface area (TPSA) is 121 Å². The Morgan fingerprint density at radius 1 is 1.23 bits per heavy atom. The lowest BCUT2D eigenvalue weighted by atomic mass is 10.1. The van der Waals surface area contributed by atoms with E-state index in [1.807, 2.05) is 5.32 Å². The molecule has 190 valence electrons. The highest BCUT2D eigenvalue weighted by atomic mass is 32.2. The first-order valence-corrected chi connectivity index (χ1v) is 11.1. The number of aromatic nitrogens is 1. The number of hydrogen-bond acceptors (Lipinski definition) is 5. The van der Waals surface area contributed by atoms with Crippen LogP contribution in [0.2, 0.25) is 0 Å². The average molecular weight is 520 g/mol. The molecule has 0 aliphatic carbocycles. The number of ether oxygens (including phenoxy) is 1. The first-order chi connectivity index (χ1) is 16.5. The Morgan fingerprint density at radius 3 is 2.40 bits per heavy atom. The largest absolute Gasteiger partial charge is 0.450 e. The van der Waals surface area contributed by atoms with E-state index >= 15 is 4.39 Å². The van der Waals surface area contributed by atoms with Crippen molar-refractivity contribution in [2.24, 2.45) is 13.0 Å². The molecule has 1 aromatic heterocycles. The van der Waals surface area contributed by atoms with E-state index in [9.17, 15) is 36.3 Å². The number of nitrogens with zero attached hydrogens (tertiary/aromatic N) is 3. The third-order valence-electron chi connectivity index (χ3n) is 5.30. The van der Waals surface area contributed by atoms with Gasteiger partial charge in [-0.25, -0.2) is 26.6 Å². The Bertz CT molecular complexity index is 1170. The summed E-state index contributed by atoms with van der Waals surface area (Å²) in [5.41, 5.74) is -1.74. The molecule has 10 nitrogen and oxygen atoms in total. The highest BCUT2D eigenvalue weighted by molar-refractivity contribution is 7.80. The molecule has 2 heterocycles. The fourth-order valence-electron chi connectivity index (χ4n) is 3.75. The Morgan fingerprint density at radius 2 is 1.86 bits per heavy atom. The maximum absolute atomic E-state index is 15.4. The Hall–Kier alpha value is -3.46. The van der Waals surface area contributed by atoms with Crippen molar-refractivity contribution in [1.82, 2.24) is 9.47 Å². The van der Waals surface area contributed by atoms with Gasteiger partial charge in [0.1, 0.15) is 17.7 Å². The number of aldehydes is 1. The fourth-order valence-corrected chi connectivity index (χ4v) is 4.50. The molecule has 35 heavy (non-hydrogen) atoms. The van der Waals surface area contributed by atoms with E-state index < -0.39 is 75.6 Å². The SMILES string of the molecule is CCOC(=O)N1CC(C=O)C(N(c2cn(C)c(C(=O)Nc3cc(F)c(F)c(F)c3)c2F)S(=O)O)C1. The van der Waals surface area contributed by atoms with Crippen LogP contribution in [-0.4, -0.2) is 62.3 Å². The smallest absolute Gasteiger partial charge is 0.409 e. The van der Waals surface area contributed by atoms with Crippen molar-refractivity contribution in [2.45, 2.75) is 13.0 Å². The number of benzene rings is 1. The maximum Gasteiger partial charge on any atom is 0.409 e. The third-order valence-corrected chi connectivity index (χ3v) is 6.10. The van der Waals surface area contributed by atoms with Crippen molar-refractivity contribution in [2.75, 3.05) is 29.3 Å². The van der Waals surface area contributed by atoms with E-state index in [2.05, 4.69) is 0 Å². The quantitative estimate of drug-likeness (QED) is 0.250. The molecule has 2 N–H and O–H groups in total. The zero-order chi connectivity index (χ0) is 26.0. The van der Waals surface area contributed by atoms with Gasteiger partial charge in [0.05, 0.1) is 18.6 Å². The number of hydrogen-bond donors (Lipinski definition) is 2. The van der Waals surface area contributed by atoms with Gasteiger partial charge in [-0.1, -0.05) is 0 Å². The number of aryl methyl sites for hydroxylation is 1. The van der Waals surface area contributed by atoms with Crippen molar-refractivity contribution in [3.63, 3.8) is 0 Å². The van der Waals surface area contributed by atoms with Crippen LogP contribution in [0.3, 0.4) is 0 Å². The molecule has 1 aliphatic heterocycles. The average Bonchev–Trinajstić information content (AvgIpc) is 3.33. The predicted octanol–water partition coefficient (Wildman–Crippen LogP) is 2.43. The van der Waals surface area contributed by atoms with Crippen LogP contribution in [0.25, 0.3) is 0 Å². The van der Waals surface area contributed by atoms with Gasteiger partial charge in [-0.2, -0.15) is 0 Å². The molecule has 0 radical (unpaired) electrons. The van der Waals surface area contributed by atoms with Crippen LogP contribution >= 0.6 is 0 Å². The van der Waals surface area contributed by atoms with Gasteiger partial charge in [0.2, 0.25) is 0 Å². The molecular weight excluding hydrogens is 500 g/mol. The molecule has 1 aliphatic rings. The number of rotatable bonds is 7. The molecule has 15 heteroatoms. The minimum atomic E-state index is -2.89. The monoisotopic (exact) mass is 520 g/mol. The van der Waals surface area contributed by atoms with Gasteiger partial charge in [-0.15, -0.1) is 0 Å². The Balaban J connectivity index is 1.94. The molecular formula is C20H20F4N4O6S. The highest BCUT2D eigenvalue weighted by Crippen LogP contribution is 2.32. The summed E-state index contributed by atoms with van der Waals surface area (Å²) in [5, 5.41) is 2.03. The molecule has 3 rings (SSSR count). The summed E-state index contributed by atoms with van der Waals surface area (Å²) >= 11 is -2.89. The Labute approximate surface area is 198 Å². The first-order valence-electron chi connectivity index (χ1n) is 10.1. The number of anilines is 2. The number of nitrogens with one attached hydrogen (secondary N) is 1. The molecule has 3 unspecified atom stereocenters. The number of halogens is 4. The van der Waals surface area contributed by atoms with E-state index in [0.29, 0.717) is 22.7 Å². The van der Waals surface area contributed by atoms with Gasteiger partial charge < -0.3 is 24.3 Å². The van der Waals surface area contributed by atoms with E-state index in [4.69, 9.17) is 4.74 Å². The van der Waals surface area contributed by atoms with E-state index in [0.717, 1.165) is 15.7 Å². The van der Waals surface area contributed by atoms with Gasteiger partial charge in [0.25, 0.3) is 17.2 Å². The second-order valence-electron chi connectivity index (χ2n) is 7.52. The van der Waals surface area contributed by atoms with Gasteiger partial charge in [0, 0.05) is 44.2 Å². The van der Waals surface area contributed by atoms with Crippen molar-refractivity contribution in [3.05, 3.63) is 47.3 Å². The van der Waals surface area contributed by atoms with E-state index in [-0.39, 0.29) is 19.7 Å². The maximum atomic E-state index is 15.4. The molecule has 2 aromatic rings. The summed E-state index contributed by atoms with van der Waals surface area (Å²) in [6.07, 6.45) is 0.687. The van der Waals surface area contributed by atoms with Gasteiger partial charge in [-0.3, -0.25) is 13.7 Å². The number of likely N-dealkylation sites (tertiary alicyclic amines) is 1. The highest BCUT2D eigenvalue weighted by Gasteiger charge is 2.43. The summed E-state index contributed by atoms with van der Waals surface area (Å²) in [6.45, 7) is 1.22. The van der Waals surface area contributed by atoms with Crippen LogP contribution in [0.4, 0.5) is 33.7 Å². The minimum absolute atomic E-state index is 0.0506. The normalized spacial score (nSPS) is 18.3. The van der Waals surface area contributed by atoms with Crippen molar-refractivity contribution < 1.29 is 45.4 Å². The van der Waals surface area contributed by atoms with Crippen LogP contribution < -0.4 is 9.62 Å². The van der Waals surface area contributed by atoms with Crippen molar-refractivity contribution >= 4 is 40.9 Å². The lowest BCUT2D eigenvalue weighted by molar-refractivity contribution is -0.110. The van der Waals surface area contributed by atoms with Crippen LogP contribution in [0, 0.1) is 29.2 Å². The zero-order valence-corrected chi connectivity index (χ0v) is 19.2. The van der Waals surface area contributed by atoms with Crippen LogP contribution in [0.5, 0.6) is 0 Å². The minimum Gasteiger partial charge on any atom is -0.450 e. The lowest BCUT2D eigenvalue weighted by Crippen LogP contribution is -2.43. The molecule has 0 saturated carbocycles. The number of carbonyl (C=O) groups is 3. The molecule has 2 amide bonds. The Kier molecular flexibility index (Phi) is 7.80. The van der Waals surface area contributed by atoms with Gasteiger partial charge in [0.15, 0.2) is 23.3 Å². The summed E-state index contributed by atoms with van der Waals surface area (Å²) in [6, 6.07) is -0.162. The molecule has 0 bridgehead atoms. The second kappa shape index (κ2) is 10.4. The molecule has 1 aromatic carbocycles. The third kappa shape index (κ3) is 5.14. The lowest BCUT2D eigenvalue weighted by Gasteiger charge is -2.27. The van der Waals surface area contributed by atoms with Gasteiger partial charge in [-0.05, 0) is 6.92 Å². The fraction of sp³-hybridized carbons (Fsp3) is 0.350. The molecule has 1 saturated heterocycles. The zero-order valence-electron chi connectivity index (χ0n) is 18.3. The number of carbonyl (C=O) groups excluding carboxylic acids is 3. The standard InChI is InChI=1S/C20H20F4N4O6S/c1-3-34-20(31)27-6-10(9-29)14(8-27)28(35(32)33)15-7-26(2)18(17(15)24)19(30)25-11-4-12(21)16(23)13(22)5-11/h4-5,7,9-10,14H,3,6,8H2,1-2H3,(H,25,30)(H,32,33). The van der Waals surface area contributed by atoms with Crippen LogP contribution in [0.1, 0.15) is 17.4 Å². The summed E-state index contributed by atoms with van der Waals surface area (Å²) in [5.74, 6) is -8.39. The van der Waals surface area contributed by atoms with E-state index in [1.165, 1.54) is 7.05 Å². The summed E-state index contributed by atoms with van der Waals surface area (Å²) < 4.78 is 84.0. The molecule has 0 spiro atoms. The van der Waals surface area contributed by atoms with Crippen molar-refractivity contribution in [3.8, 4) is 0 Å². The van der Waals surface area contributed by atoms with Crippen molar-refractivity contribution in [1.29, 1.82) is 0 Å². The first kappa shape index (κ1) is 26.2. The summed E-state index contributed by atoms with van der Waals surface area (Å²) in [4.78, 5) is 37.4. The van der Waals surface area contributed by atoms with Gasteiger partial charge >= 0.3 is 6.09 Å². The van der Waals surface area contributed by atoms with Crippen LogP contribution in [-0.2, 0) is 27.8 Å². The molecule has 1 fully saturated rings. The van der Waals surface area contributed by atoms with E-state index in [1.54, 1.807) is 6.92 Å². The molecule has 3 atom stereocenters. The van der Waals surface area contributed by atoms with Crippen LogP contribution in [0.15, 0.2) is 18.3 Å². The second-order valence-corrected chi connectivity index (χ2v) is 8.38. The predicted molar refractivity (Wildman–Crippen MR) is 115 cm³/mol. The summed E-state index contributed by atoms with van der Waals surface area (Å²) in [7, 11) is 1.22. The number of amides is 2.